The molecule has 0 aliphatic heterocycles. The van der Waals surface area contributed by atoms with Crippen LogP contribution in [-0.2, 0) is 3.63 Å². The first-order chi connectivity index (χ1) is 13.5. The zero-order valence-corrected chi connectivity index (χ0v) is 20.6. The zero-order chi connectivity index (χ0) is 21.9. The Labute approximate surface area is 185 Å². The van der Waals surface area contributed by atoms with Gasteiger partial charge in [-0.05, 0) is 70.2 Å². The molecule has 29 heavy (non-hydrogen) atoms. The lowest BCUT2D eigenvalue weighted by molar-refractivity contribution is 0.752. The average Bonchev–Trinajstić information content (AvgIpc) is 2.62. The van der Waals surface area contributed by atoms with Gasteiger partial charge in [0.1, 0.15) is 0 Å². The van der Waals surface area contributed by atoms with Crippen LogP contribution in [0.25, 0.3) is 0 Å². The van der Waals surface area contributed by atoms with Crippen LogP contribution in [0.15, 0.2) is 34.1 Å². The molecule has 0 amide bonds. The number of nitrogen functional groups attached to an aromatic ring is 2. The lowest BCUT2D eigenvalue weighted by atomic mass is 9.93. The summed E-state index contributed by atoms with van der Waals surface area (Å²) in [6, 6.07) is 8.61. The SMILES string of the molecule is CC(C)c1cc(SOSc2cc(C(C)C)c(N)c(C(C)C)c2)cc(C(C)C)c1N. The summed E-state index contributed by atoms with van der Waals surface area (Å²) in [6.07, 6.45) is 0. The van der Waals surface area contributed by atoms with Crippen LogP contribution in [0, 0.1) is 0 Å². The molecule has 0 atom stereocenters. The quantitative estimate of drug-likeness (QED) is 0.326. The smallest absolute Gasteiger partial charge is 0.0448 e. The van der Waals surface area contributed by atoms with Crippen molar-refractivity contribution in [3.63, 3.8) is 0 Å². The van der Waals surface area contributed by atoms with Gasteiger partial charge in [0.15, 0.2) is 0 Å². The second-order valence-corrected chi connectivity index (χ2v) is 10.7. The first kappa shape index (κ1) is 24.0. The molecule has 0 spiro atoms. The van der Waals surface area contributed by atoms with E-state index in [1.165, 1.54) is 46.3 Å². The molecule has 0 saturated heterocycles. The maximum absolute atomic E-state index is 6.41. The maximum Gasteiger partial charge on any atom is 0.0448 e. The van der Waals surface area contributed by atoms with E-state index in [4.69, 9.17) is 15.1 Å². The predicted octanol–water partition coefficient (Wildman–Crippen LogP) is 8.08. The van der Waals surface area contributed by atoms with Gasteiger partial charge in [-0.25, -0.2) is 3.63 Å². The van der Waals surface area contributed by atoms with Crippen LogP contribution in [0.4, 0.5) is 11.4 Å². The zero-order valence-electron chi connectivity index (χ0n) is 19.0. The van der Waals surface area contributed by atoms with Gasteiger partial charge < -0.3 is 11.5 Å². The topological polar surface area (TPSA) is 61.3 Å². The monoisotopic (exact) mass is 432 g/mol. The first-order valence-electron chi connectivity index (χ1n) is 10.4. The van der Waals surface area contributed by atoms with E-state index >= 15 is 0 Å². The lowest BCUT2D eigenvalue weighted by Gasteiger charge is -2.19. The molecule has 2 aromatic carbocycles. The second-order valence-electron chi connectivity index (χ2n) is 8.88. The third-order valence-electron chi connectivity index (χ3n) is 5.18. The van der Waals surface area contributed by atoms with Gasteiger partial charge in [-0.3, -0.25) is 0 Å². The van der Waals surface area contributed by atoms with Crippen LogP contribution >= 0.6 is 24.1 Å². The van der Waals surface area contributed by atoms with Gasteiger partial charge in [0, 0.05) is 45.3 Å². The molecule has 5 heteroatoms. The van der Waals surface area contributed by atoms with Crippen molar-refractivity contribution < 1.29 is 3.63 Å². The minimum absolute atomic E-state index is 0.375. The summed E-state index contributed by atoms with van der Waals surface area (Å²) in [4.78, 5) is 2.17. The van der Waals surface area contributed by atoms with Gasteiger partial charge in [-0.15, -0.1) is 0 Å². The van der Waals surface area contributed by atoms with E-state index in [1.54, 1.807) is 0 Å². The first-order valence-corrected chi connectivity index (χ1v) is 11.9. The molecular weight excluding hydrogens is 396 g/mol. The molecule has 0 aromatic heterocycles. The Morgan fingerprint density at radius 1 is 0.552 bits per heavy atom. The fraction of sp³-hybridized carbons (Fsp3) is 0.500. The van der Waals surface area contributed by atoms with Crippen LogP contribution < -0.4 is 11.5 Å². The van der Waals surface area contributed by atoms with Crippen LogP contribution in [-0.4, -0.2) is 0 Å². The average molecular weight is 433 g/mol. The Kier molecular flexibility index (Phi) is 8.38. The van der Waals surface area contributed by atoms with Gasteiger partial charge in [0.05, 0.1) is 0 Å². The fourth-order valence-corrected chi connectivity index (χ4v) is 4.91. The summed E-state index contributed by atoms with van der Waals surface area (Å²) in [6.45, 7) is 17.4. The summed E-state index contributed by atoms with van der Waals surface area (Å²) in [5.74, 6) is 1.50. The largest absolute Gasteiger partial charge is 0.398 e. The van der Waals surface area contributed by atoms with Crippen molar-refractivity contribution in [3.05, 3.63) is 46.5 Å². The molecule has 0 fully saturated rings. The Balaban J connectivity index is 2.24. The predicted molar refractivity (Wildman–Crippen MR) is 131 cm³/mol. The van der Waals surface area contributed by atoms with E-state index in [0.717, 1.165) is 21.2 Å². The summed E-state index contributed by atoms with van der Waals surface area (Å²) < 4.78 is 5.98. The molecule has 0 radical (unpaired) electrons. The minimum atomic E-state index is 0.375. The molecule has 0 unspecified atom stereocenters. The highest BCUT2D eigenvalue weighted by molar-refractivity contribution is 8.07. The van der Waals surface area contributed by atoms with Crippen LogP contribution in [0.3, 0.4) is 0 Å². The van der Waals surface area contributed by atoms with E-state index in [9.17, 15) is 0 Å². The van der Waals surface area contributed by atoms with Gasteiger partial charge in [0.25, 0.3) is 0 Å². The third kappa shape index (κ3) is 5.87. The van der Waals surface area contributed by atoms with Crippen molar-refractivity contribution in [1.29, 1.82) is 0 Å². The van der Waals surface area contributed by atoms with E-state index in [-0.39, 0.29) is 0 Å². The number of benzene rings is 2. The lowest BCUT2D eigenvalue weighted by Crippen LogP contribution is -2.04. The van der Waals surface area contributed by atoms with Crippen LogP contribution in [0.5, 0.6) is 0 Å². The van der Waals surface area contributed by atoms with Crippen molar-refractivity contribution >= 4 is 35.5 Å². The van der Waals surface area contributed by atoms with E-state index in [0.29, 0.717) is 23.7 Å². The Morgan fingerprint density at radius 2 is 0.793 bits per heavy atom. The molecule has 0 saturated carbocycles. The molecule has 0 heterocycles. The molecule has 0 aliphatic rings. The molecule has 2 aromatic rings. The standard InChI is InChI=1S/C24H36N2OS2/c1-13(2)19-9-17(10-20(14(3)4)23(19)25)28-27-29-18-11-21(15(5)6)24(26)22(12-18)16(7)8/h9-16H,25-26H2,1-8H3. The fourth-order valence-electron chi connectivity index (χ4n) is 3.44. The third-order valence-corrected chi connectivity index (χ3v) is 6.58. The highest BCUT2D eigenvalue weighted by Crippen LogP contribution is 2.39. The summed E-state index contributed by atoms with van der Waals surface area (Å²) in [5, 5.41) is 0. The highest BCUT2D eigenvalue weighted by Gasteiger charge is 2.16. The summed E-state index contributed by atoms with van der Waals surface area (Å²) >= 11 is 2.79. The highest BCUT2D eigenvalue weighted by atomic mass is 32.2. The van der Waals surface area contributed by atoms with Crippen molar-refractivity contribution in [2.75, 3.05) is 11.5 Å². The number of hydrogen-bond donors (Lipinski definition) is 2. The molecule has 2 rings (SSSR count). The van der Waals surface area contributed by atoms with Crippen LogP contribution in [0.1, 0.15) is 101 Å². The number of rotatable bonds is 8. The molecule has 160 valence electrons. The Hall–Kier alpha value is -1.30. The molecule has 4 N–H and O–H groups in total. The van der Waals surface area contributed by atoms with E-state index in [1.807, 2.05) is 0 Å². The van der Waals surface area contributed by atoms with Crippen molar-refractivity contribution in [1.82, 2.24) is 0 Å². The van der Waals surface area contributed by atoms with Gasteiger partial charge in [-0.1, -0.05) is 55.4 Å². The van der Waals surface area contributed by atoms with Gasteiger partial charge in [0.2, 0.25) is 0 Å². The Bertz CT molecular complexity index is 717. The second kappa shape index (κ2) is 10.1. The van der Waals surface area contributed by atoms with Gasteiger partial charge in [-0.2, -0.15) is 0 Å². The number of anilines is 2. The van der Waals surface area contributed by atoms with Crippen molar-refractivity contribution in [2.45, 2.75) is 88.9 Å². The van der Waals surface area contributed by atoms with Crippen molar-refractivity contribution in [3.8, 4) is 0 Å². The number of hydrogen-bond acceptors (Lipinski definition) is 5. The molecule has 0 bridgehead atoms. The summed E-state index contributed by atoms with van der Waals surface area (Å²) in [5.41, 5.74) is 19.4. The van der Waals surface area contributed by atoms with Crippen LogP contribution in [0.2, 0.25) is 0 Å². The summed E-state index contributed by atoms with van der Waals surface area (Å²) in [7, 11) is 0. The molecule has 3 nitrogen and oxygen atoms in total. The van der Waals surface area contributed by atoms with E-state index < -0.39 is 0 Å². The number of nitrogens with two attached hydrogens (primary N) is 2. The normalized spacial score (nSPS) is 12.0. The maximum atomic E-state index is 6.41. The minimum Gasteiger partial charge on any atom is -0.398 e. The van der Waals surface area contributed by atoms with E-state index in [2.05, 4.69) is 79.7 Å². The Morgan fingerprint density at radius 3 is 1.00 bits per heavy atom. The molecular formula is C24H36N2OS2. The molecule has 0 aliphatic carbocycles. The van der Waals surface area contributed by atoms with Gasteiger partial charge >= 0.3 is 0 Å². The van der Waals surface area contributed by atoms with Crippen molar-refractivity contribution in [2.24, 2.45) is 0 Å².